The van der Waals surface area contributed by atoms with Crippen LogP contribution in [0, 0.1) is 0 Å². The Bertz CT molecular complexity index is 554. The van der Waals surface area contributed by atoms with Crippen molar-refractivity contribution in [1.29, 1.82) is 0 Å². The SMILES string of the molecule is CCOC(=O)C(=O)N1C(=O)CCc2cc(N)ccc21. The molecule has 2 amide bonds. The number of amides is 2. The number of fused-ring (bicyclic) bond motifs is 1. The lowest BCUT2D eigenvalue weighted by Gasteiger charge is -2.26. The predicted octanol–water partition coefficient (Wildman–Crippen LogP) is 0.638. The number of carbonyl (C=O) groups excluding carboxylic acids is 3. The number of esters is 1. The molecule has 1 aromatic rings. The van der Waals surface area contributed by atoms with Crippen molar-refractivity contribution < 1.29 is 19.1 Å². The second-order valence-electron chi connectivity index (χ2n) is 4.14. The van der Waals surface area contributed by atoms with Crippen LogP contribution >= 0.6 is 0 Å². The first-order valence-corrected chi connectivity index (χ1v) is 5.97. The minimum atomic E-state index is -1.03. The van der Waals surface area contributed by atoms with Gasteiger partial charge in [-0.05, 0) is 37.1 Å². The fourth-order valence-corrected chi connectivity index (χ4v) is 2.02. The van der Waals surface area contributed by atoms with E-state index in [0.29, 0.717) is 17.8 Å². The molecular weight excluding hydrogens is 248 g/mol. The van der Waals surface area contributed by atoms with Gasteiger partial charge in [0.15, 0.2) is 0 Å². The average molecular weight is 262 g/mol. The summed E-state index contributed by atoms with van der Waals surface area (Å²) < 4.78 is 4.64. The molecule has 1 heterocycles. The van der Waals surface area contributed by atoms with Gasteiger partial charge in [0.05, 0.1) is 12.3 Å². The van der Waals surface area contributed by atoms with Crippen molar-refractivity contribution in [2.24, 2.45) is 0 Å². The zero-order chi connectivity index (χ0) is 14.0. The number of imide groups is 1. The fraction of sp³-hybridized carbons (Fsp3) is 0.308. The summed E-state index contributed by atoms with van der Waals surface area (Å²) in [5, 5.41) is 0. The van der Waals surface area contributed by atoms with Crippen molar-refractivity contribution in [1.82, 2.24) is 0 Å². The topological polar surface area (TPSA) is 89.7 Å². The minimum absolute atomic E-state index is 0.0845. The number of hydrogen-bond donors (Lipinski definition) is 1. The van der Waals surface area contributed by atoms with Crippen molar-refractivity contribution in [2.75, 3.05) is 17.2 Å². The quantitative estimate of drug-likeness (QED) is 0.455. The van der Waals surface area contributed by atoms with Gasteiger partial charge in [0.2, 0.25) is 5.91 Å². The van der Waals surface area contributed by atoms with Gasteiger partial charge in [0, 0.05) is 12.1 Å². The van der Waals surface area contributed by atoms with Crippen molar-refractivity contribution in [3.8, 4) is 0 Å². The number of rotatable bonds is 1. The monoisotopic (exact) mass is 262 g/mol. The third-order valence-electron chi connectivity index (χ3n) is 2.86. The summed E-state index contributed by atoms with van der Waals surface area (Å²) >= 11 is 0. The first-order chi connectivity index (χ1) is 9.04. The number of benzene rings is 1. The number of carbonyl (C=O) groups is 3. The number of nitrogens with zero attached hydrogens (tertiary/aromatic N) is 1. The Kier molecular flexibility index (Phi) is 3.50. The Morgan fingerprint density at radius 1 is 1.37 bits per heavy atom. The Hall–Kier alpha value is -2.37. The molecule has 0 unspecified atom stereocenters. The molecule has 19 heavy (non-hydrogen) atoms. The molecule has 0 aliphatic carbocycles. The van der Waals surface area contributed by atoms with Gasteiger partial charge in [-0.15, -0.1) is 0 Å². The third-order valence-corrected chi connectivity index (χ3v) is 2.86. The van der Waals surface area contributed by atoms with Gasteiger partial charge in [-0.1, -0.05) is 0 Å². The Morgan fingerprint density at radius 2 is 2.11 bits per heavy atom. The van der Waals surface area contributed by atoms with E-state index in [-0.39, 0.29) is 13.0 Å². The molecule has 0 atom stereocenters. The first-order valence-electron chi connectivity index (χ1n) is 5.97. The summed E-state index contributed by atoms with van der Waals surface area (Å²) in [4.78, 5) is 36.1. The number of ether oxygens (including phenoxy) is 1. The molecule has 0 fully saturated rings. The summed E-state index contributed by atoms with van der Waals surface area (Å²) in [6, 6.07) is 4.86. The Labute approximate surface area is 110 Å². The van der Waals surface area contributed by atoms with Crippen LogP contribution in [0.15, 0.2) is 18.2 Å². The number of nitrogen functional groups attached to an aromatic ring is 1. The Morgan fingerprint density at radius 3 is 2.79 bits per heavy atom. The van der Waals surface area contributed by atoms with Crippen LogP contribution in [0.3, 0.4) is 0 Å². The van der Waals surface area contributed by atoms with Crippen molar-refractivity contribution in [2.45, 2.75) is 19.8 Å². The second-order valence-corrected chi connectivity index (χ2v) is 4.14. The summed E-state index contributed by atoms with van der Waals surface area (Å²) in [5.41, 5.74) is 7.40. The normalized spacial score (nSPS) is 13.9. The molecule has 2 N–H and O–H groups in total. The second kappa shape index (κ2) is 5.09. The molecule has 0 radical (unpaired) electrons. The molecule has 1 aromatic carbocycles. The van der Waals surface area contributed by atoms with Gasteiger partial charge in [0.25, 0.3) is 0 Å². The predicted molar refractivity (Wildman–Crippen MR) is 68.3 cm³/mol. The average Bonchev–Trinajstić information content (AvgIpc) is 2.38. The largest absolute Gasteiger partial charge is 0.459 e. The maximum absolute atomic E-state index is 11.9. The van der Waals surface area contributed by atoms with E-state index in [4.69, 9.17) is 5.73 Å². The molecule has 6 heteroatoms. The van der Waals surface area contributed by atoms with E-state index in [1.54, 1.807) is 25.1 Å². The molecule has 0 saturated heterocycles. The number of nitrogens with two attached hydrogens (primary N) is 1. The van der Waals surface area contributed by atoms with Crippen LogP contribution in [0.4, 0.5) is 11.4 Å². The molecule has 0 spiro atoms. The van der Waals surface area contributed by atoms with Crippen molar-refractivity contribution >= 4 is 29.2 Å². The number of hydrogen-bond acceptors (Lipinski definition) is 5. The van der Waals surface area contributed by atoms with Crippen molar-refractivity contribution in [3.05, 3.63) is 23.8 Å². The van der Waals surface area contributed by atoms with Gasteiger partial charge in [-0.3, -0.25) is 9.59 Å². The maximum atomic E-state index is 11.9. The first kappa shape index (κ1) is 13.1. The molecule has 6 nitrogen and oxygen atoms in total. The van der Waals surface area contributed by atoms with Crippen LogP contribution in [0.2, 0.25) is 0 Å². The van der Waals surface area contributed by atoms with Gasteiger partial charge < -0.3 is 10.5 Å². The molecule has 2 rings (SSSR count). The van der Waals surface area contributed by atoms with Crippen molar-refractivity contribution in [3.63, 3.8) is 0 Å². The van der Waals surface area contributed by atoms with Crippen LogP contribution in [0.5, 0.6) is 0 Å². The summed E-state index contributed by atoms with van der Waals surface area (Å²) in [7, 11) is 0. The van der Waals surface area contributed by atoms with Gasteiger partial charge >= 0.3 is 11.9 Å². The summed E-state index contributed by atoms with van der Waals surface area (Å²) in [5.74, 6) is -2.39. The molecular formula is C13H14N2O4. The van der Waals surface area contributed by atoms with Gasteiger partial charge in [-0.25, -0.2) is 9.69 Å². The van der Waals surface area contributed by atoms with E-state index < -0.39 is 17.8 Å². The highest BCUT2D eigenvalue weighted by Gasteiger charge is 2.34. The van der Waals surface area contributed by atoms with Gasteiger partial charge in [-0.2, -0.15) is 0 Å². The molecule has 1 aliphatic rings. The van der Waals surface area contributed by atoms with E-state index in [1.807, 2.05) is 0 Å². The van der Waals surface area contributed by atoms with E-state index >= 15 is 0 Å². The Balaban J connectivity index is 2.38. The van der Waals surface area contributed by atoms with Crippen LogP contribution in [0.25, 0.3) is 0 Å². The van der Waals surface area contributed by atoms with E-state index in [2.05, 4.69) is 4.74 Å². The number of anilines is 2. The van der Waals surface area contributed by atoms with Crippen LogP contribution in [0.1, 0.15) is 18.9 Å². The van der Waals surface area contributed by atoms with E-state index in [1.165, 1.54) is 0 Å². The molecule has 0 aromatic heterocycles. The summed E-state index contributed by atoms with van der Waals surface area (Å²) in [6.07, 6.45) is 0.674. The standard InChI is InChI=1S/C13H14N2O4/c1-2-19-13(18)12(17)15-10-5-4-9(14)7-8(10)3-6-11(15)16/h4-5,7H,2-3,6,14H2,1H3. The van der Waals surface area contributed by atoms with Crippen LogP contribution in [-0.2, 0) is 25.5 Å². The van der Waals surface area contributed by atoms with Crippen LogP contribution < -0.4 is 10.6 Å². The zero-order valence-corrected chi connectivity index (χ0v) is 10.5. The molecule has 100 valence electrons. The third kappa shape index (κ3) is 2.42. The molecule has 0 saturated carbocycles. The minimum Gasteiger partial charge on any atom is -0.459 e. The molecule has 0 bridgehead atoms. The lowest BCUT2D eigenvalue weighted by molar-refractivity contribution is -0.154. The maximum Gasteiger partial charge on any atom is 0.397 e. The smallest absolute Gasteiger partial charge is 0.397 e. The summed E-state index contributed by atoms with van der Waals surface area (Å²) in [6.45, 7) is 1.68. The highest BCUT2D eigenvalue weighted by molar-refractivity contribution is 6.43. The lowest BCUT2D eigenvalue weighted by Crippen LogP contribution is -2.44. The van der Waals surface area contributed by atoms with E-state index in [9.17, 15) is 14.4 Å². The number of aryl methyl sites for hydroxylation is 1. The zero-order valence-electron chi connectivity index (χ0n) is 10.5. The highest BCUT2D eigenvalue weighted by atomic mass is 16.5. The highest BCUT2D eigenvalue weighted by Crippen LogP contribution is 2.29. The van der Waals surface area contributed by atoms with Crippen LogP contribution in [-0.4, -0.2) is 24.4 Å². The molecule has 1 aliphatic heterocycles. The lowest BCUT2D eigenvalue weighted by atomic mass is 10.0. The van der Waals surface area contributed by atoms with Gasteiger partial charge in [0.1, 0.15) is 0 Å². The fourth-order valence-electron chi connectivity index (χ4n) is 2.02. The van der Waals surface area contributed by atoms with E-state index in [0.717, 1.165) is 10.5 Å².